The van der Waals surface area contributed by atoms with Gasteiger partial charge in [-0.25, -0.2) is 0 Å². The molecule has 2 aromatic carbocycles. The number of nitrogens with one attached hydrogen (secondary N) is 2. The summed E-state index contributed by atoms with van der Waals surface area (Å²) in [6, 6.07) is 11.2. The Kier molecular flexibility index (Phi) is 5.51. The van der Waals surface area contributed by atoms with Crippen molar-refractivity contribution in [3.05, 3.63) is 63.8 Å². The molecule has 25 heavy (non-hydrogen) atoms. The van der Waals surface area contributed by atoms with Gasteiger partial charge in [0.2, 0.25) is 0 Å². The Morgan fingerprint density at radius 1 is 1.20 bits per heavy atom. The number of benzene rings is 2. The summed E-state index contributed by atoms with van der Waals surface area (Å²) in [4.78, 5) is 15.2. The molecule has 0 aliphatic rings. The number of aromatic nitrogens is 1. The number of H-pyrrole nitrogens is 1. The van der Waals surface area contributed by atoms with Crippen molar-refractivity contribution in [3.8, 4) is 5.75 Å². The van der Waals surface area contributed by atoms with E-state index in [1.54, 1.807) is 18.2 Å². The number of aromatic amines is 1. The van der Waals surface area contributed by atoms with Crippen LogP contribution in [0, 0.1) is 6.92 Å². The molecule has 2 N–H and O–H groups in total. The zero-order valence-corrected chi connectivity index (χ0v) is 15.2. The molecule has 3 rings (SSSR count). The van der Waals surface area contributed by atoms with Crippen LogP contribution in [-0.2, 0) is 11.2 Å². The second-order valence-corrected chi connectivity index (χ2v) is 6.67. The number of ether oxygens (including phenoxy) is 1. The molecule has 0 spiro atoms. The molecule has 0 aliphatic carbocycles. The maximum atomic E-state index is 11.9. The number of hydrogen-bond acceptors (Lipinski definition) is 2. The fourth-order valence-corrected chi connectivity index (χ4v) is 3.09. The summed E-state index contributed by atoms with van der Waals surface area (Å²) >= 11 is 11.8. The molecule has 0 aliphatic heterocycles. The third kappa shape index (κ3) is 4.47. The first kappa shape index (κ1) is 17.6. The molecular weight excluding hydrogens is 359 g/mol. The zero-order chi connectivity index (χ0) is 17.8. The summed E-state index contributed by atoms with van der Waals surface area (Å²) in [7, 11) is 0. The highest BCUT2D eigenvalue weighted by atomic mass is 35.5. The summed E-state index contributed by atoms with van der Waals surface area (Å²) in [5.74, 6) is 0.246. The van der Waals surface area contributed by atoms with Crippen molar-refractivity contribution in [1.82, 2.24) is 10.3 Å². The van der Waals surface area contributed by atoms with E-state index in [2.05, 4.69) is 35.4 Å². The second-order valence-electron chi connectivity index (χ2n) is 5.83. The van der Waals surface area contributed by atoms with Crippen LogP contribution in [0.2, 0.25) is 10.0 Å². The van der Waals surface area contributed by atoms with Crippen molar-refractivity contribution in [2.75, 3.05) is 13.2 Å². The molecule has 0 radical (unpaired) electrons. The average molecular weight is 377 g/mol. The minimum absolute atomic E-state index is 0.0889. The Bertz CT molecular complexity index is 906. The Labute approximate surface area is 156 Å². The van der Waals surface area contributed by atoms with Gasteiger partial charge < -0.3 is 15.0 Å². The van der Waals surface area contributed by atoms with Gasteiger partial charge in [-0.3, -0.25) is 4.79 Å². The second kappa shape index (κ2) is 7.81. The van der Waals surface area contributed by atoms with Crippen LogP contribution >= 0.6 is 23.2 Å². The molecule has 130 valence electrons. The van der Waals surface area contributed by atoms with Crippen LogP contribution in [0.4, 0.5) is 0 Å². The third-order valence-corrected chi connectivity index (χ3v) is 4.42. The number of rotatable bonds is 6. The Hall–Kier alpha value is -2.17. The van der Waals surface area contributed by atoms with Gasteiger partial charge in [0.1, 0.15) is 5.75 Å². The Balaban J connectivity index is 1.49. The van der Waals surface area contributed by atoms with Crippen LogP contribution in [0.5, 0.6) is 5.75 Å². The van der Waals surface area contributed by atoms with E-state index < -0.39 is 0 Å². The maximum absolute atomic E-state index is 11.9. The minimum atomic E-state index is -0.193. The number of hydrogen-bond donors (Lipinski definition) is 2. The van der Waals surface area contributed by atoms with E-state index in [1.807, 2.05) is 6.20 Å². The van der Waals surface area contributed by atoms with Gasteiger partial charge in [0.25, 0.3) is 5.91 Å². The Morgan fingerprint density at radius 2 is 2.04 bits per heavy atom. The molecule has 3 aromatic rings. The molecule has 4 nitrogen and oxygen atoms in total. The fourth-order valence-electron chi connectivity index (χ4n) is 2.62. The summed E-state index contributed by atoms with van der Waals surface area (Å²) in [5.41, 5.74) is 3.50. The van der Waals surface area contributed by atoms with Gasteiger partial charge >= 0.3 is 0 Å². The van der Waals surface area contributed by atoms with Gasteiger partial charge in [0.15, 0.2) is 6.61 Å². The first-order valence-corrected chi connectivity index (χ1v) is 8.69. The summed E-state index contributed by atoms with van der Waals surface area (Å²) < 4.78 is 5.42. The zero-order valence-electron chi connectivity index (χ0n) is 13.7. The lowest BCUT2D eigenvalue weighted by Crippen LogP contribution is -2.30. The topological polar surface area (TPSA) is 54.1 Å². The SMILES string of the molecule is Cc1ccc2[nH]cc(CCNC(=O)COc3ccc(Cl)cc3Cl)c2c1. The molecule has 0 saturated carbocycles. The van der Waals surface area contributed by atoms with E-state index in [-0.39, 0.29) is 12.5 Å². The summed E-state index contributed by atoms with van der Waals surface area (Å²) in [6.45, 7) is 2.52. The lowest BCUT2D eigenvalue weighted by Gasteiger charge is -2.09. The lowest BCUT2D eigenvalue weighted by molar-refractivity contribution is -0.123. The molecule has 0 unspecified atom stereocenters. The van der Waals surface area contributed by atoms with Crippen molar-refractivity contribution in [2.45, 2.75) is 13.3 Å². The van der Waals surface area contributed by atoms with Crippen molar-refractivity contribution in [1.29, 1.82) is 0 Å². The number of fused-ring (bicyclic) bond motifs is 1. The summed E-state index contributed by atoms with van der Waals surface area (Å²) in [5, 5.41) is 4.95. The largest absolute Gasteiger partial charge is 0.482 e. The number of carbonyl (C=O) groups is 1. The van der Waals surface area contributed by atoms with Gasteiger partial charge in [0.05, 0.1) is 5.02 Å². The van der Waals surface area contributed by atoms with Crippen LogP contribution in [0.3, 0.4) is 0 Å². The lowest BCUT2D eigenvalue weighted by atomic mass is 10.1. The summed E-state index contributed by atoms with van der Waals surface area (Å²) in [6.07, 6.45) is 2.73. The van der Waals surface area contributed by atoms with Gasteiger partial charge in [-0.1, -0.05) is 34.8 Å². The van der Waals surface area contributed by atoms with Crippen LogP contribution < -0.4 is 10.1 Å². The third-order valence-electron chi connectivity index (χ3n) is 3.89. The molecule has 0 bridgehead atoms. The van der Waals surface area contributed by atoms with Gasteiger partial charge in [-0.15, -0.1) is 0 Å². The quantitative estimate of drug-likeness (QED) is 0.664. The highest BCUT2D eigenvalue weighted by Gasteiger charge is 2.08. The van der Waals surface area contributed by atoms with Gasteiger partial charge in [0, 0.05) is 28.7 Å². The van der Waals surface area contributed by atoms with E-state index in [4.69, 9.17) is 27.9 Å². The highest BCUT2D eigenvalue weighted by Crippen LogP contribution is 2.27. The van der Waals surface area contributed by atoms with Crippen molar-refractivity contribution >= 4 is 40.0 Å². The molecule has 0 atom stereocenters. The average Bonchev–Trinajstić information content (AvgIpc) is 2.96. The highest BCUT2D eigenvalue weighted by molar-refractivity contribution is 6.35. The molecule has 0 saturated heterocycles. The first-order chi connectivity index (χ1) is 12.0. The van der Waals surface area contributed by atoms with Crippen LogP contribution in [-0.4, -0.2) is 24.0 Å². The Morgan fingerprint density at radius 3 is 2.84 bits per heavy atom. The molecule has 6 heteroatoms. The van der Waals surface area contributed by atoms with Crippen LogP contribution in [0.1, 0.15) is 11.1 Å². The smallest absolute Gasteiger partial charge is 0.257 e. The van der Waals surface area contributed by atoms with E-state index in [1.165, 1.54) is 16.5 Å². The van der Waals surface area contributed by atoms with E-state index in [9.17, 15) is 4.79 Å². The number of halogens is 2. The number of aryl methyl sites for hydroxylation is 1. The monoisotopic (exact) mass is 376 g/mol. The van der Waals surface area contributed by atoms with Crippen LogP contribution in [0.15, 0.2) is 42.6 Å². The minimum Gasteiger partial charge on any atom is -0.482 e. The molecule has 1 amide bonds. The standard InChI is InChI=1S/C19H18Cl2N2O2/c1-12-2-4-17-15(8-12)13(10-23-17)6-7-22-19(24)11-25-18-5-3-14(20)9-16(18)21/h2-5,8-10,23H,6-7,11H2,1H3,(H,22,24). The van der Waals surface area contributed by atoms with Crippen molar-refractivity contribution < 1.29 is 9.53 Å². The van der Waals surface area contributed by atoms with E-state index in [0.717, 1.165) is 11.9 Å². The predicted molar refractivity (Wildman–Crippen MR) is 102 cm³/mol. The first-order valence-electron chi connectivity index (χ1n) is 7.94. The molecule has 0 fully saturated rings. The van der Waals surface area contributed by atoms with E-state index >= 15 is 0 Å². The number of amides is 1. The maximum Gasteiger partial charge on any atom is 0.257 e. The fraction of sp³-hybridized carbons (Fsp3) is 0.211. The van der Waals surface area contributed by atoms with Gasteiger partial charge in [-0.05, 0) is 49.2 Å². The van der Waals surface area contributed by atoms with Crippen LogP contribution in [0.25, 0.3) is 10.9 Å². The number of carbonyl (C=O) groups excluding carboxylic acids is 1. The van der Waals surface area contributed by atoms with E-state index in [0.29, 0.717) is 22.3 Å². The normalized spacial score (nSPS) is 10.8. The van der Waals surface area contributed by atoms with Crippen molar-refractivity contribution in [2.24, 2.45) is 0 Å². The predicted octanol–water partition coefficient (Wildman–Crippen LogP) is 4.52. The molecular formula is C19H18Cl2N2O2. The molecule has 1 aromatic heterocycles. The molecule has 1 heterocycles. The van der Waals surface area contributed by atoms with Crippen molar-refractivity contribution in [3.63, 3.8) is 0 Å². The van der Waals surface area contributed by atoms with Gasteiger partial charge in [-0.2, -0.15) is 0 Å².